The first-order valence-electron chi connectivity index (χ1n) is 12.2. The number of para-hydroxylation sites is 1. The Labute approximate surface area is 203 Å². The van der Waals surface area contributed by atoms with Crippen LogP contribution in [0.25, 0.3) is 16.3 Å². The van der Waals surface area contributed by atoms with E-state index in [-0.39, 0.29) is 11.8 Å². The number of rotatable bonds is 4. The number of aryl methyl sites for hydroxylation is 1. The Bertz CT molecular complexity index is 1280. The van der Waals surface area contributed by atoms with Crippen molar-refractivity contribution < 1.29 is 4.79 Å². The number of hydrogen-bond donors (Lipinski definition) is 0. The van der Waals surface area contributed by atoms with Crippen LogP contribution in [0.15, 0.2) is 53.9 Å². The maximum Gasteiger partial charge on any atom is 0.272 e. The third kappa shape index (κ3) is 3.96. The molecule has 8 heteroatoms. The molecule has 0 aliphatic carbocycles. The normalized spacial score (nSPS) is 18.5. The molecule has 0 spiro atoms. The van der Waals surface area contributed by atoms with E-state index in [0.717, 1.165) is 60.3 Å². The molecule has 4 aromatic rings. The Kier molecular flexibility index (Phi) is 5.74. The Morgan fingerprint density at radius 2 is 1.88 bits per heavy atom. The maximum absolute atomic E-state index is 13.9. The van der Waals surface area contributed by atoms with Gasteiger partial charge in [-0.1, -0.05) is 30.7 Å². The number of fused-ring (bicyclic) bond motifs is 1. The molecule has 2 aliphatic heterocycles. The summed E-state index contributed by atoms with van der Waals surface area (Å²) < 4.78 is 4.12. The number of nitrogens with zero attached hydrogens (tertiary/aromatic N) is 6. The van der Waals surface area contributed by atoms with Gasteiger partial charge in [0, 0.05) is 32.0 Å². The van der Waals surface area contributed by atoms with Gasteiger partial charge in [-0.2, -0.15) is 5.10 Å². The van der Waals surface area contributed by atoms with Crippen molar-refractivity contribution in [2.75, 3.05) is 13.1 Å². The minimum atomic E-state index is 0.0273. The number of piperidine rings is 1. The van der Waals surface area contributed by atoms with Crippen molar-refractivity contribution in [1.29, 1.82) is 0 Å². The van der Waals surface area contributed by atoms with E-state index in [1.807, 2.05) is 58.8 Å². The number of amides is 1. The summed E-state index contributed by atoms with van der Waals surface area (Å²) in [5.74, 6) is 2.42. The zero-order chi connectivity index (χ0) is 22.9. The summed E-state index contributed by atoms with van der Waals surface area (Å²) in [7, 11) is 0. The topological polar surface area (TPSA) is 68.8 Å². The van der Waals surface area contributed by atoms with Gasteiger partial charge in [-0.15, -0.1) is 21.5 Å². The second-order valence-electron chi connectivity index (χ2n) is 9.17. The van der Waals surface area contributed by atoms with E-state index in [0.29, 0.717) is 12.2 Å². The SMILES string of the molecule is O=C(c1cc(-c2cccs2)nn1-c1ccccc1)N1CCCC(c2nnc3n2CCCCC3)C1. The molecule has 2 aliphatic rings. The molecule has 174 valence electrons. The number of aromatic nitrogens is 5. The lowest BCUT2D eigenvalue weighted by atomic mass is 9.96. The van der Waals surface area contributed by atoms with Crippen LogP contribution in [-0.4, -0.2) is 48.4 Å². The molecule has 5 heterocycles. The zero-order valence-corrected chi connectivity index (χ0v) is 20.0. The van der Waals surface area contributed by atoms with Crippen LogP contribution >= 0.6 is 11.3 Å². The Morgan fingerprint density at radius 1 is 0.971 bits per heavy atom. The zero-order valence-electron chi connectivity index (χ0n) is 19.1. The summed E-state index contributed by atoms with van der Waals surface area (Å²) >= 11 is 1.64. The monoisotopic (exact) mass is 472 g/mol. The fourth-order valence-corrected chi connectivity index (χ4v) is 5.87. The summed E-state index contributed by atoms with van der Waals surface area (Å²) in [5, 5.41) is 16.0. The van der Waals surface area contributed by atoms with Gasteiger partial charge < -0.3 is 9.47 Å². The van der Waals surface area contributed by atoms with Gasteiger partial charge in [-0.3, -0.25) is 4.79 Å². The molecule has 7 nitrogen and oxygen atoms in total. The Balaban J connectivity index is 1.31. The van der Waals surface area contributed by atoms with Gasteiger partial charge in [0.25, 0.3) is 5.91 Å². The number of likely N-dealkylation sites (tertiary alicyclic amines) is 1. The van der Waals surface area contributed by atoms with Crippen LogP contribution < -0.4 is 0 Å². The fourth-order valence-electron chi connectivity index (χ4n) is 5.19. The predicted octanol–water partition coefficient (Wildman–Crippen LogP) is 4.94. The number of benzene rings is 1. The molecule has 34 heavy (non-hydrogen) atoms. The van der Waals surface area contributed by atoms with Crippen molar-refractivity contribution >= 4 is 17.2 Å². The molecule has 1 atom stereocenters. The lowest BCUT2D eigenvalue weighted by Gasteiger charge is -2.32. The number of carbonyl (C=O) groups is 1. The highest BCUT2D eigenvalue weighted by molar-refractivity contribution is 7.13. The van der Waals surface area contributed by atoms with Gasteiger partial charge in [0.05, 0.1) is 10.6 Å². The number of hydrogen-bond acceptors (Lipinski definition) is 5. The van der Waals surface area contributed by atoms with Crippen molar-refractivity contribution in [2.45, 2.75) is 51.0 Å². The van der Waals surface area contributed by atoms with E-state index >= 15 is 0 Å². The smallest absolute Gasteiger partial charge is 0.272 e. The van der Waals surface area contributed by atoms with Crippen LogP contribution in [0.3, 0.4) is 0 Å². The molecule has 0 bridgehead atoms. The summed E-state index contributed by atoms with van der Waals surface area (Å²) in [5.41, 5.74) is 2.33. The molecule has 1 fully saturated rings. The van der Waals surface area contributed by atoms with Crippen molar-refractivity contribution in [3.63, 3.8) is 0 Å². The fraction of sp³-hybridized carbons (Fsp3) is 0.385. The second kappa shape index (κ2) is 9.18. The first kappa shape index (κ1) is 21.3. The summed E-state index contributed by atoms with van der Waals surface area (Å²) in [6.45, 7) is 2.42. The quantitative estimate of drug-likeness (QED) is 0.422. The highest BCUT2D eigenvalue weighted by atomic mass is 32.1. The lowest BCUT2D eigenvalue weighted by Crippen LogP contribution is -2.40. The first-order chi connectivity index (χ1) is 16.8. The molecule has 0 N–H and O–H groups in total. The third-order valence-corrected chi connectivity index (χ3v) is 7.81. The Morgan fingerprint density at radius 3 is 2.74 bits per heavy atom. The molecule has 1 unspecified atom stereocenters. The molecular weight excluding hydrogens is 444 g/mol. The average Bonchev–Trinajstić information content (AvgIpc) is 3.62. The van der Waals surface area contributed by atoms with Crippen molar-refractivity contribution in [1.82, 2.24) is 29.4 Å². The van der Waals surface area contributed by atoms with Crippen LogP contribution in [-0.2, 0) is 13.0 Å². The van der Waals surface area contributed by atoms with Crippen LogP contribution in [0.4, 0.5) is 0 Å². The Hall–Kier alpha value is -3.26. The molecule has 1 amide bonds. The number of thiophene rings is 1. The van der Waals surface area contributed by atoms with Gasteiger partial charge in [0.15, 0.2) is 0 Å². The van der Waals surface area contributed by atoms with Gasteiger partial charge in [0.2, 0.25) is 0 Å². The van der Waals surface area contributed by atoms with Crippen molar-refractivity contribution in [3.8, 4) is 16.3 Å². The molecule has 6 rings (SSSR count). The lowest BCUT2D eigenvalue weighted by molar-refractivity contribution is 0.0694. The predicted molar refractivity (Wildman–Crippen MR) is 132 cm³/mol. The molecule has 3 aromatic heterocycles. The van der Waals surface area contributed by atoms with E-state index in [9.17, 15) is 4.79 Å². The minimum Gasteiger partial charge on any atom is -0.337 e. The largest absolute Gasteiger partial charge is 0.337 e. The van der Waals surface area contributed by atoms with Crippen molar-refractivity contribution in [3.05, 3.63) is 71.3 Å². The standard InChI is InChI=1S/C26H28N6OS/c33-26(22-17-21(23-12-8-16-34-23)29-32(22)20-10-3-1-4-11-20)30-14-7-9-19(18-30)25-28-27-24-13-5-2-6-15-31(24)25/h1,3-4,8,10-12,16-17,19H,2,5-7,9,13-15,18H2. The number of carbonyl (C=O) groups excluding carboxylic acids is 1. The van der Waals surface area contributed by atoms with Crippen LogP contribution in [0.5, 0.6) is 0 Å². The van der Waals surface area contributed by atoms with Crippen LogP contribution in [0.1, 0.15) is 60.2 Å². The van der Waals surface area contributed by atoms with Gasteiger partial charge in [-0.25, -0.2) is 4.68 Å². The van der Waals surface area contributed by atoms with E-state index in [1.165, 1.54) is 19.3 Å². The van der Waals surface area contributed by atoms with E-state index in [2.05, 4.69) is 14.8 Å². The summed E-state index contributed by atoms with van der Waals surface area (Å²) in [6.07, 6.45) is 6.62. The molecule has 1 aromatic carbocycles. The molecule has 1 saturated heterocycles. The summed E-state index contributed by atoms with van der Waals surface area (Å²) in [4.78, 5) is 16.9. The van der Waals surface area contributed by atoms with Crippen molar-refractivity contribution in [2.24, 2.45) is 0 Å². The van der Waals surface area contributed by atoms with E-state index < -0.39 is 0 Å². The average molecular weight is 473 g/mol. The first-order valence-corrected chi connectivity index (χ1v) is 13.1. The van der Waals surface area contributed by atoms with Crippen LogP contribution in [0, 0.1) is 0 Å². The highest BCUT2D eigenvalue weighted by Gasteiger charge is 2.31. The maximum atomic E-state index is 13.9. The van der Waals surface area contributed by atoms with Gasteiger partial charge in [0.1, 0.15) is 23.0 Å². The van der Waals surface area contributed by atoms with E-state index in [1.54, 1.807) is 16.0 Å². The molecule has 0 radical (unpaired) electrons. The highest BCUT2D eigenvalue weighted by Crippen LogP contribution is 2.31. The minimum absolute atomic E-state index is 0.0273. The van der Waals surface area contributed by atoms with Crippen LogP contribution in [0.2, 0.25) is 0 Å². The molecule has 0 saturated carbocycles. The van der Waals surface area contributed by atoms with E-state index in [4.69, 9.17) is 5.10 Å². The summed E-state index contributed by atoms with van der Waals surface area (Å²) in [6, 6.07) is 15.9. The third-order valence-electron chi connectivity index (χ3n) is 6.91. The van der Waals surface area contributed by atoms with Gasteiger partial charge in [-0.05, 0) is 55.3 Å². The molecular formula is C26H28N6OS. The second-order valence-corrected chi connectivity index (χ2v) is 10.1. The van der Waals surface area contributed by atoms with Gasteiger partial charge >= 0.3 is 0 Å².